The molecule has 0 aromatic carbocycles. The quantitative estimate of drug-likeness (QED) is 0.0252. The number of carboxylic acids is 2. The first-order valence-electron chi connectivity index (χ1n) is 44.7. The Kier molecular flexibility index (Phi) is 64.3. The van der Waals surface area contributed by atoms with Gasteiger partial charge in [0.25, 0.3) is 0 Å². The fourth-order valence-electron chi connectivity index (χ4n) is 13.2. The number of hydrogen-bond donors (Lipinski definition) is 29. The number of aliphatic hydroxyl groups is 2. The predicted octanol–water partition coefficient (Wildman–Crippen LogP) is -7.84. The Morgan fingerprint density at radius 3 is 0.701 bits per heavy atom. The third kappa shape index (κ3) is 49.6. The molecule has 0 aliphatic carbocycles. The number of rotatable bonds is 76. The van der Waals surface area contributed by atoms with Crippen LogP contribution in [0.4, 0.5) is 0 Å². The summed E-state index contributed by atoms with van der Waals surface area (Å²) in [5.41, 5.74) is 63.9. The van der Waals surface area contributed by atoms with Gasteiger partial charge in [0, 0.05) is 12.8 Å². The van der Waals surface area contributed by atoms with Gasteiger partial charge in [-0.25, -0.2) is 4.79 Å². The van der Waals surface area contributed by atoms with Gasteiger partial charge in [-0.05, 0) is 251 Å². The van der Waals surface area contributed by atoms with Crippen molar-refractivity contribution in [2.75, 3.05) is 72.1 Å². The smallest absolute Gasteiger partial charge is 0.326 e. The average Bonchev–Trinajstić information content (AvgIpc) is 0.864. The maximum absolute atomic E-state index is 14.8. The summed E-state index contributed by atoms with van der Waals surface area (Å²) in [6, 6.07) is -22.0. The molecule has 0 aromatic heterocycles. The number of amides is 15. The van der Waals surface area contributed by atoms with Crippen LogP contribution in [0.25, 0.3) is 0 Å². The highest BCUT2D eigenvalue weighted by Gasteiger charge is 2.40. The molecule has 0 rings (SSSR count). The van der Waals surface area contributed by atoms with Crippen molar-refractivity contribution in [1.82, 2.24) is 74.4 Å². The second kappa shape index (κ2) is 69.5. The van der Waals surface area contributed by atoms with Crippen molar-refractivity contribution in [3.05, 3.63) is 0 Å². The molecular weight excluding hydrogens is 1660 g/mol. The van der Waals surface area contributed by atoms with Crippen molar-refractivity contribution in [2.45, 2.75) is 324 Å². The zero-order valence-electron chi connectivity index (χ0n) is 74.8. The van der Waals surface area contributed by atoms with Crippen LogP contribution in [0.15, 0.2) is 0 Å². The lowest BCUT2D eigenvalue weighted by molar-refractivity contribution is -0.143. The van der Waals surface area contributed by atoms with Crippen molar-refractivity contribution < 1.29 is 102 Å². The summed E-state index contributed by atoms with van der Waals surface area (Å²) in [5, 5.41) is 76.3. The third-order valence-corrected chi connectivity index (χ3v) is 21.2. The lowest BCUT2D eigenvalue weighted by Crippen LogP contribution is -2.62. The molecule has 127 heavy (non-hydrogen) atoms. The summed E-state index contributed by atoms with van der Waals surface area (Å²) in [7, 11) is 0. The number of aliphatic hydroxyl groups excluding tert-OH is 2. The van der Waals surface area contributed by atoms with Gasteiger partial charge in [-0.15, -0.1) is 0 Å². The number of nitrogens with two attached hydrogens (primary N) is 11. The first-order chi connectivity index (χ1) is 60.5. The largest absolute Gasteiger partial charge is 0.481 e. The fraction of sp³-hybridized carbons (Fsp3) is 0.790. The van der Waals surface area contributed by atoms with Crippen molar-refractivity contribution in [1.29, 1.82) is 0 Å². The molecule has 0 saturated heterocycles. The summed E-state index contributed by atoms with van der Waals surface area (Å²) in [4.78, 5) is 235. The SMILES string of the molecule is CC[C@H](C)[C@H](NC(=O)[C@H](CCC(=O)O)NC(=O)[C@H](CO)NC(=O)[C@@H](NC(=O)[C@H](CO)NC(=O)[C@H](CCCCN)NC(=O)[C@H](CCCCN)NC(=O)[C@H](CCCCN)NC(=O)[C@H](CCCCN)NC(=O)[C@H](CCCCN)NC(=O)[C@H](CCCCN)NC(=O)[C@H](CCCCN)NC(=O)[C@H](CCCCN)NC(=O)[C@@H](N)CCCCN)C(C)C)C(=O)N[C@@H](CCC(N)=O)C(=O)O. The standard InChI is InChI=1S/C81H155N25O21/c1-5-49(4)66(80(125)102-60(81(126)127)33-35-63(92)109)106-76(121)59(34-36-64(110)111)101-77(122)61(46-107)104-79(124)65(48(2)3)105-78(123)62(47-108)103-75(120)58(32-14-23-45-90)100-74(119)57(31-13-22-44-89)99-73(118)56(30-12-21-43-88)98-72(117)55(29-11-20-42-87)97-71(116)54(28-10-19-41-86)96-70(115)53(27-9-18-40-85)95-69(114)52(26-8-17-39-84)94-68(113)51(25-7-16-38-83)93-67(112)50(91)24-6-15-37-82/h48-62,65-66,107-108H,5-47,82-91H2,1-4H3,(H2,92,109)(H,93,112)(H,94,113)(H,95,114)(H,96,115)(H,97,116)(H,98,117)(H,99,118)(H,100,119)(H,101,122)(H,102,125)(H,103,120)(H,104,124)(H,105,123)(H,106,121)(H,110,111)(H,126,127)/t49-,50-,51-,52-,53-,54-,55-,56-,57-,58-,59-,60-,61-,62-,65-,66-/m0/s1. The van der Waals surface area contributed by atoms with Crippen molar-refractivity contribution in [2.24, 2.45) is 74.9 Å². The van der Waals surface area contributed by atoms with Gasteiger partial charge in [-0.2, -0.15) is 0 Å². The van der Waals surface area contributed by atoms with E-state index in [1.54, 1.807) is 6.92 Å². The lowest BCUT2D eigenvalue weighted by Gasteiger charge is -2.29. The molecule has 0 aliphatic rings. The molecular formula is C81H155N25O21. The van der Waals surface area contributed by atoms with E-state index in [9.17, 15) is 102 Å². The number of aliphatic carboxylic acids is 2. The normalized spacial score (nSPS) is 15.1. The van der Waals surface area contributed by atoms with E-state index in [0.717, 1.165) is 0 Å². The molecule has 16 atom stereocenters. The Balaban J connectivity index is 7.31. The monoisotopic (exact) mass is 1810 g/mol. The highest BCUT2D eigenvalue weighted by Crippen LogP contribution is 2.17. The van der Waals surface area contributed by atoms with Gasteiger partial charge in [0.2, 0.25) is 88.6 Å². The van der Waals surface area contributed by atoms with E-state index < -0.39 is 242 Å². The van der Waals surface area contributed by atoms with E-state index in [0.29, 0.717) is 109 Å². The summed E-state index contributed by atoms with van der Waals surface area (Å²) >= 11 is 0. The number of hydrogen-bond acceptors (Lipinski definition) is 29. The Hall–Kier alpha value is -9.49. The third-order valence-electron chi connectivity index (χ3n) is 21.2. The molecule has 0 aromatic rings. The molecule has 40 N–H and O–H groups in total. The topological polar surface area (TPSA) is 826 Å². The van der Waals surface area contributed by atoms with Crippen molar-refractivity contribution in [3.63, 3.8) is 0 Å². The van der Waals surface area contributed by atoms with Crippen LogP contribution < -0.4 is 138 Å². The van der Waals surface area contributed by atoms with E-state index in [1.807, 2.05) is 0 Å². The maximum Gasteiger partial charge on any atom is 0.326 e. The minimum atomic E-state index is -1.92. The van der Waals surface area contributed by atoms with Crippen LogP contribution in [0, 0.1) is 11.8 Å². The molecule has 0 saturated carbocycles. The van der Waals surface area contributed by atoms with Gasteiger partial charge >= 0.3 is 11.9 Å². The number of unbranched alkanes of at least 4 members (excludes halogenated alkanes) is 9. The number of carbonyl (C=O) groups excluding carboxylic acids is 15. The molecule has 0 unspecified atom stereocenters. The summed E-state index contributed by atoms with van der Waals surface area (Å²) in [6.07, 6.45) is 5.08. The molecule has 0 fully saturated rings. The van der Waals surface area contributed by atoms with E-state index in [1.165, 1.54) is 20.8 Å². The Labute approximate surface area is 744 Å². The highest BCUT2D eigenvalue weighted by atomic mass is 16.4. The second-order valence-corrected chi connectivity index (χ2v) is 32.1. The number of nitrogens with one attached hydrogen (secondary N) is 14. The van der Waals surface area contributed by atoms with Crippen LogP contribution in [0.2, 0.25) is 0 Å². The summed E-state index contributed by atoms with van der Waals surface area (Å²) in [5.74, 6) is -18.4. The van der Waals surface area contributed by atoms with Crippen LogP contribution in [-0.2, 0) is 81.5 Å². The first kappa shape index (κ1) is 118. The summed E-state index contributed by atoms with van der Waals surface area (Å²) in [6.45, 7) is 5.86. The van der Waals surface area contributed by atoms with Gasteiger partial charge in [0.15, 0.2) is 0 Å². The molecule has 0 heterocycles. The highest BCUT2D eigenvalue weighted by molar-refractivity contribution is 6.01. The zero-order valence-corrected chi connectivity index (χ0v) is 74.8. The molecule has 0 bridgehead atoms. The average molecular weight is 1820 g/mol. The van der Waals surface area contributed by atoms with Crippen LogP contribution in [0.5, 0.6) is 0 Å². The van der Waals surface area contributed by atoms with Gasteiger partial charge in [0.1, 0.15) is 84.6 Å². The van der Waals surface area contributed by atoms with Gasteiger partial charge < -0.3 is 158 Å². The maximum atomic E-state index is 14.8. The molecule has 46 nitrogen and oxygen atoms in total. The van der Waals surface area contributed by atoms with Gasteiger partial charge in [-0.1, -0.05) is 40.5 Å². The Morgan fingerprint density at radius 1 is 0.252 bits per heavy atom. The molecule has 0 aliphatic heterocycles. The van der Waals surface area contributed by atoms with E-state index >= 15 is 0 Å². The van der Waals surface area contributed by atoms with Crippen LogP contribution in [-0.4, -0.2) is 284 Å². The Morgan fingerprint density at radius 2 is 0.457 bits per heavy atom. The zero-order chi connectivity index (χ0) is 95.9. The second-order valence-electron chi connectivity index (χ2n) is 32.1. The van der Waals surface area contributed by atoms with Gasteiger partial charge in [-0.3, -0.25) is 76.7 Å². The molecule has 0 spiro atoms. The van der Waals surface area contributed by atoms with E-state index in [2.05, 4.69) is 74.4 Å². The fourth-order valence-corrected chi connectivity index (χ4v) is 13.2. The van der Waals surface area contributed by atoms with Gasteiger partial charge in [0.05, 0.1) is 19.3 Å². The van der Waals surface area contributed by atoms with Crippen LogP contribution >= 0.6 is 0 Å². The van der Waals surface area contributed by atoms with E-state index in [-0.39, 0.29) is 129 Å². The number of carboxylic acid groups (broad SMARTS) is 2. The van der Waals surface area contributed by atoms with Crippen LogP contribution in [0.1, 0.15) is 233 Å². The van der Waals surface area contributed by atoms with Crippen LogP contribution in [0.3, 0.4) is 0 Å². The van der Waals surface area contributed by atoms with E-state index in [4.69, 9.17) is 63.1 Å². The molecule has 46 heteroatoms. The number of carbonyl (C=O) groups is 17. The molecule has 0 radical (unpaired) electrons. The predicted molar refractivity (Wildman–Crippen MR) is 473 cm³/mol. The van der Waals surface area contributed by atoms with Crippen molar-refractivity contribution >= 4 is 101 Å². The molecule has 730 valence electrons. The minimum absolute atomic E-state index is 0.0135. The minimum Gasteiger partial charge on any atom is -0.481 e. The van der Waals surface area contributed by atoms with Crippen molar-refractivity contribution in [3.8, 4) is 0 Å². The molecule has 15 amide bonds. The Bertz CT molecular complexity index is 3340. The first-order valence-corrected chi connectivity index (χ1v) is 44.7. The summed E-state index contributed by atoms with van der Waals surface area (Å²) < 4.78 is 0. The number of primary amides is 1. The lowest BCUT2D eigenvalue weighted by atomic mass is 9.96.